The van der Waals surface area contributed by atoms with Crippen LogP contribution in [0, 0.1) is 11.3 Å². The summed E-state index contributed by atoms with van der Waals surface area (Å²) >= 11 is 1.55. The largest absolute Gasteiger partial charge is 0.444 e. The molecule has 0 saturated carbocycles. The van der Waals surface area contributed by atoms with Gasteiger partial charge in [-0.25, -0.2) is 4.79 Å². The highest BCUT2D eigenvalue weighted by Gasteiger charge is 2.36. The maximum absolute atomic E-state index is 12.7. The van der Waals surface area contributed by atoms with Crippen LogP contribution in [0.1, 0.15) is 62.6 Å². The van der Waals surface area contributed by atoms with Crippen LogP contribution in [-0.2, 0) is 11.2 Å². The first-order chi connectivity index (χ1) is 17.1. The normalized spacial score (nSPS) is 18.7. The second-order valence-corrected chi connectivity index (χ2v) is 11.8. The molecule has 3 aromatic rings. The van der Waals surface area contributed by atoms with E-state index in [9.17, 15) is 15.2 Å². The zero-order valence-electron chi connectivity index (χ0n) is 21.2. The lowest BCUT2D eigenvalue weighted by Crippen LogP contribution is -2.43. The SMILES string of the molecule is CC(O)c1cc2nccc(-c3cc(C#N)cc4c3N([C@@H]3CCN(C(=O)OC(C)(C)C)C3)CCC4)c2s1. The van der Waals surface area contributed by atoms with Crippen LogP contribution < -0.4 is 4.90 Å². The van der Waals surface area contributed by atoms with Crippen molar-refractivity contribution in [2.24, 2.45) is 0 Å². The molecule has 4 heterocycles. The highest BCUT2D eigenvalue weighted by atomic mass is 32.1. The standard InChI is InChI=1S/C28H32N4O3S/c1-17(33)24-14-23-26(36-24)21(7-9-30-23)22-13-18(15-29)12-19-6-5-10-32(25(19)22)20-8-11-31(16-20)27(34)35-28(2,3)4/h7,9,12-14,17,20,33H,5-6,8,10-11,16H2,1-4H3/t17?,20-/m1/s1. The maximum atomic E-state index is 12.7. The number of pyridine rings is 1. The molecule has 36 heavy (non-hydrogen) atoms. The highest BCUT2D eigenvalue weighted by molar-refractivity contribution is 7.19. The molecule has 0 bridgehead atoms. The van der Waals surface area contributed by atoms with Gasteiger partial charge >= 0.3 is 6.09 Å². The Morgan fingerprint density at radius 2 is 2.08 bits per heavy atom. The number of aryl methyl sites for hydroxylation is 1. The summed E-state index contributed by atoms with van der Waals surface area (Å²) in [6.07, 6.45) is 3.76. The number of carbonyl (C=O) groups excluding carboxylic acids is 1. The number of aliphatic hydroxyl groups is 1. The summed E-state index contributed by atoms with van der Waals surface area (Å²) in [6.45, 7) is 9.62. The topological polar surface area (TPSA) is 89.7 Å². The number of nitrogens with zero attached hydrogens (tertiary/aromatic N) is 4. The van der Waals surface area contributed by atoms with Crippen molar-refractivity contribution in [1.29, 1.82) is 5.26 Å². The number of benzene rings is 1. The van der Waals surface area contributed by atoms with Crippen molar-refractivity contribution in [3.63, 3.8) is 0 Å². The number of anilines is 1. The molecule has 7 nitrogen and oxygen atoms in total. The molecule has 2 aromatic heterocycles. The number of thiophene rings is 1. The number of rotatable bonds is 3. The molecule has 1 saturated heterocycles. The molecule has 1 amide bonds. The minimum Gasteiger partial charge on any atom is -0.444 e. The van der Waals surface area contributed by atoms with Gasteiger partial charge in [0.25, 0.3) is 0 Å². The Balaban J connectivity index is 1.57. The lowest BCUT2D eigenvalue weighted by atomic mass is 9.90. The molecule has 1 N–H and O–H groups in total. The zero-order valence-corrected chi connectivity index (χ0v) is 22.1. The molecule has 2 aliphatic heterocycles. The molecule has 5 rings (SSSR count). The van der Waals surface area contributed by atoms with Crippen molar-refractivity contribution in [3.8, 4) is 17.2 Å². The number of carbonyl (C=O) groups is 1. The fourth-order valence-electron chi connectivity index (χ4n) is 5.27. The Kier molecular flexibility index (Phi) is 6.39. The molecule has 0 radical (unpaired) electrons. The lowest BCUT2D eigenvalue weighted by Gasteiger charge is -2.38. The zero-order chi connectivity index (χ0) is 25.6. The number of aliphatic hydroxyl groups excluding tert-OH is 1. The molecular formula is C28H32N4O3S. The van der Waals surface area contributed by atoms with Crippen LogP contribution in [0.15, 0.2) is 30.5 Å². The Bertz CT molecular complexity index is 1350. The van der Waals surface area contributed by atoms with Gasteiger partial charge < -0.3 is 19.6 Å². The van der Waals surface area contributed by atoms with Gasteiger partial charge in [-0.15, -0.1) is 11.3 Å². The third-order valence-corrected chi connectivity index (χ3v) is 8.17. The van der Waals surface area contributed by atoms with Crippen molar-refractivity contribution in [1.82, 2.24) is 9.88 Å². The number of likely N-dealkylation sites (tertiary alicyclic amines) is 1. The summed E-state index contributed by atoms with van der Waals surface area (Å²) in [5, 5.41) is 20.0. The smallest absolute Gasteiger partial charge is 0.410 e. The molecule has 1 unspecified atom stereocenters. The second kappa shape index (κ2) is 9.38. The van der Waals surface area contributed by atoms with Crippen LogP contribution in [0.4, 0.5) is 10.5 Å². The molecule has 8 heteroatoms. The summed E-state index contributed by atoms with van der Waals surface area (Å²) < 4.78 is 6.64. The van der Waals surface area contributed by atoms with Gasteiger partial charge in [-0.05, 0) is 76.8 Å². The number of aromatic nitrogens is 1. The average Bonchev–Trinajstić information content (AvgIpc) is 3.49. The van der Waals surface area contributed by atoms with E-state index in [1.54, 1.807) is 24.5 Å². The van der Waals surface area contributed by atoms with Gasteiger partial charge in [0.1, 0.15) is 5.60 Å². The summed E-state index contributed by atoms with van der Waals surface area (Å²) in [5.41, 5.74) is 5.34. The number of hydrogen-bond acceptors (Lipinski definition) is 7. The number of ether oxygens (including phenoxy) is 1. The van der Waals surface area contributed by atoms with Gasteiger partial charge in [0.2, 0.25) is 0 Å². The first kappa shape index (κ1) is 24.5. The summed E-state index contributed by atoms with van der Waals surface area (Å²) in [6, 6.07) is 10.5. The van der Waals surface area contributed by atoms with E-state index in [1.165, 1.54) is 5.56 Å². The van der Waals surface area contributed by atoms with E-state index in [1.807, 2.05) is 49.9 Å². The van der Waals surface area contributed by atoms with Gasteiger partial charge in [-0.1, -0.05) is 0 Å². The fourth-order valence-corrected chi connectivity index (χ4v) is 6.35. The van der Waals surface area contributed by atoms with Crippen molar-refractivity contribution in [2.45, 2.75) is 64.7 Å². The minimum atomic E-state index is -0.565. The quantitative estimate of drug-likeness (QED) is 0.496. The van der Waals surface area contributed by atoms with Crippen LogP contribution in [0.2, 0.25) is 0 Å². The Labute approximate surface area is 215 Å². The molecule has 2 atom stereocenters. The lowest BCUT2D eigenvalue weighted by molar-refractivity contribution is 0.0292. The molecular weight excluding hydrogens is 472 g/mol. The fraction of sp³-hybridized carbons (Fsp3) is 0.464. The van der Waals surface area contributed by atoms with Gasteiger partial charge in [-0.3, -0.25) is 4.98 Å². The van der Waals surface area contributed by atoms with E-state index in [0.29, 0.717) is 18.7 Å². The molecule has 1 aromatic carbocycles. The van der Waals surface area contributed by atoms with Gasteiger partial charge in [0.05, 0.1) is 28.0 Å². The molecule has 188 valence electrons. The Morgan fingerprint density at radius 1 is 1.28 bits per heavy atom. The van der Waals surface area contributed by atoms with E-state index in [0.717, 1.165) is 57.7 Å². The van der Waals surface area contributed by atoms with Crippen molar-refractivity contribution in [2.75, 3.05) is 24.5 Å². The summed E-state index contributed by atoms with van der Waals surface area (Å²) in [5.74, 6) is 0. The van der Waals surface area contributed by atoms with Crippen molar-refractivity contribution < 1.29 is 14.6 Å². The second-order valence-electron chi connectivity index (χ2n) is 10.7. The summed E-state index contributed by atoms with van der Waals surface area (Å²) in [7, 11) is 0. The van der Waals surface area contributed by atoms with Gasteiger partial charge in [0, 0.05) is 53.6 Å². The molecule has 1 fully saturated rings. The third-order valence-electron chi connectivity index (χ3n) is 6.84. The van der Waals surface area contributed by atoms with E-state index in [-0.39, 0.29) is 12.1 Å². The average molecular weight is 505 g/mol. The summed E-state index contributed by atoms with van der Waals surface area (Å²) in [4.78, 5) is 22.4. The van der Waals surface area contributed by atoms with E-state index in [4.69, 9.17) is 4.74 Å². The molecule has 0 aliphatic carbocycles. The van der Waals surface area contributed by atoms with Crippen LogP contribution in [0.25, 0.3) is 21.3 Å². The highest BCUT2D eigenvalue weighted by Crippen LogP contribution is 2.44. The third kappa shape index (κ3) is 4.65. The number of fused-ring (bicyclic) bond motifs is 2. The van der Waals surface area contributed by atoms with Crippen LogP contribution in [0.3, 0.4) is 0 Å². The van der Waals surface area contributed by atoms with Gasteiger partial charge in [-0.2, -0.15) is 5.26 Å². The van der Waals surface area contributed by atoms with Crippen molar-refractivity contribution >= 4 is 33.3 Å². The number of hydrogen-bond donors (Lipinski definition) is 1. The van der Waals surface area contributed by atoms with E-state index in [2.05, 4.69) is 16.0 Å². The Morgan fingerprint density at radius 3 is 2.81 bits per heavy atom. The van der Waals surface area contributed by atoms with Crippen LogP contribution in [-0.4, -0.2) is 52.4 Å². The number of nitriles is 1. The number of amides is 1. The van der Waals surface area contributed by atoms with Crippen LogP contribution in [0.5, 0.6) is 0 Å². The van der Waals surface area contributed by atoms with Crippen molar-refractivity contribution in [3.05, 3.63) is 46.5 Å². The van der Waals surface area contributed by atoms with Gasteiger partial charge in [0.15, 0.2) is 0 Å². The minimum absolute atomic E-state index is 0.178. The van der Waals surface area contributed by atoms with E-state index >= 15 is 0 Å². The molecule has 0 spiro atoms. The van der Waals surface area contributed by atoms with E-state index < -0.39 is 11.7 Å². The predicted octanol–water partition coefficient (Wildman–Crippen LogP) is 5.65. The predicted molar refractivity (Wildman–Crippen MR) is 142 cm³/mol. The monoisotopic (exact) mass is 504 g/mol. The first-order valence-electron chi connectivity index (χ1n) is 12.5. The Hall–Kier alpha value is -3.15. The first-order valence-corrected chi connectivity index (χ1v) is 13.3. The maximum Gasteiger partial charge on any atom is 0.410 e. The molecule has 2 aliphatic rings. The van der Waals surface area contributed by atoms with Crippen LogP contribution >= 0.6 is 11.3 Å².